The number of benzene rings is 1. The van der Waals surface area contributed by atoms with E-state index >= 15 is 0 Å². The van der Waals surface area contributed by atoms with Crippen LogP contribution in [-0.2, 0) is 4.79 Å². The number of hydrogen-bond donors (Lipinski definition) is 1. The zero-order valence-corrected chi connectivity index (χ0v) is 14.9. The van der Waals surface area contributed by atoms with Gasteiger partial charge in [-0.2, -0.15) is 0 Å². The summed E-state index contributed by atoms with van der Waals surface area (Å²) in [6.45, 7) is 5.98. The normalized spacial score (nSPS) is 20.6. The molecule has 1 N–H and O–H groups in total. The maximum absolute atomic E-state index is 12.6. The molecule has 0 saturated heterocycles. The van der Waals surface area contributed by atoms with Crippen molar-refractivity contribution in [2.75, 3.05) is 0 Å². The van der Waals surface area contributed by atoms with E-state index in [0.29, 0.717) is 36.2 Å². The van der Waals surface area contributed by atoms with Crippen LogP contribution in [0.2, 0.25) is 0 Å². The van der Waals surface area contributed by atoms with Crippen molar-refractivity contribution in [3.05, 3.63) is 45.7 Å². The summed E-state index contributed by atoms with van der Waals surface area (Å²) >= 11 is 0. The van der Waals surface area contributed by atoms with E-state index < -0.39 is 4.92 Å². The highest BCUT2D eigenvalue weighted by molar-refractivity contribution is 6.25. The van der Waals surface area contributed by atoms with Crippen molar-refractivity contribution in [1.29, 1.82) is 0 Å². The van der Waals surface area contributed by atoms with E-state index in [1.54, 1.807) is 12.1 Å². The standard InChI is InChI=1S/C19H24N2O4/c1-4-5-9-16(22)18-15(11-19(2,3)12-17(18)23)20-13-7-6-8-14(10-13)21(24)25/h6-8,10,22H,4-5,9,11-12H2,1-3H3/b18-16+,20-15?. The lowest BCUT2D eigenvalue weighted by atomic mass is 9.73. The van der Waals surface area contributed by atoms with Gasteiger partial charge in [-0.05, 0) is 24.3 Å². The summed E-state index contributed by atoms with van der Waals surface area (Å²) < 4.78 is 0. The Morgan fingerprint density at radius 3 is 2.72 bits per heavy atom. The Bertz CT molecular complexity index is 748. The average Bonchev–Trinajstić information content (AvgIpc) is 2.51. The fraction of sp³-hybridized carbons (Fsp3) is 0.474. The second-order valence-electron chi connectivity index (χ2n) is 7.20. The van der Waals surface area contributed by atoms with Crippen molar-refractivity contribution in [3.63, 3.8) is 0 Å². The van der Waals surface area contributed by atoms with Crippen LogP contribution in [0, 0.1) is 15.5 Å². The van der Waals surface area contributed by atoms with Crippen molar-refractivity contribution in [3.8, 4) is 0 Å². The smallest absolute Gasteiger partial charge is 0.271 e. The number of nitro benzene ring substituents is 1. The molecule has 6 nitrogen and oxygen atoms in total. The molecule has 1 aromatic rings. The number of rotatable bonds is 5. The SMILES string of the molecule is CCCC/C(O)=C1\C(=O)CC(C)(C)CC1=Nc1cccc([N+](=O)[O-])c1. The minimum atomic E-state index is -0.477. The van der Waals surface area contributed by atoms with E-state index in [9.17, 15) is 20.0 Å². The van der Waals surface area contributed by atoms with Crippen molar-refractivity contribution in [2.24, 2.45) is 10.4 Å². The first-order valence-corrected chi connectivity index (χ1v) is 8.51. The Labute approximate surface area is 147 Å². The number of non-ortho nitro benzene ring substituents is 1. The maximum Gasteiger partial charge on any atom is 0.271 e. The third kappa shape index (κ3) is 4.75. The van der Waals surface area contributed by atoms with E-state index in [2.05, 4.69) is 4.99 Å². The highest BCUT2D eigenvalue weighted by Crippen LogP contribution is 2.37. The van der Waals surface area contributed by atoms with E-state index in [0.717, 1.165) is 12.8 Å². The highest BCUT2D eigenvalue weighted by atomic mass is 16.6. The number of allylic oxidation sites excluding steroid dienone is 2. The molecule has 0 spiro atoms. The fourth-order valence-electron chi connectivity index (χ4n) is 3.01. The zero-order valence-electron chi connectivity index (χ0n) is 14.9. The van der Waals surface area contributed by atoms with Gasteiger partial charge in [0.25, 0.3) is 5.69 Å². The van der Waals surface area contributed by atoms with Gasteiger partial charge in [0, 0.05) is 25.0 Å². The summed E-state index contributed by atoms with van der Waals surface area (Å²) in [6.07, 6.45) is 3.02. The van der Waals surface area contributed by atoms with Gasteiger partial charge in [-0.1, -0.05) is 33.3 Å². The van der Waals surface area contributed by atoms with Crippen LogP contribution < -0.4 is 0 Å². The van der Waals surface area contributed by atoms with Gasteiger partial charge in [-0.15, -0.1) is 0 Å². The van der Waals surface area contributed by atoms with Gasteiger partial charge in [0.2, 0.25) is 0 Å². The summed E-state index contributed by atoms with van der Waals surface area (Å²) in [4.78, 5) is 27.5. The van der Waals surface area contributed by atoms with Crippen LogP contribution in [0.25, 0.3) is 0 Å². The molecular formula is C19H24N2O4. The Morgan fingerprint density at radius 1 is 1.36 bits per heavy atom. The molecule has 1 fully saturated rings. The number of hydrogen-bond acceptors (Lipinski definition) is 5. The molecule has 134 valence electrons. The third-order valence-electron chi connectivity index (χ3n) is 4.21. The summed E-state index contributed by atoms with van der Waals surface area (Å²) in [5.41, 5.74) is 0.902. The third-order valence-corrected chi connectivity index (χ3v) is 4.21. The van der Waals surface area contributed by atoms with Crippen molar-refractivity contribution in [1.82, 2.24) is 0 Å². The molecule has 1 aromatic carbocycles. The Morgan fingerprint density at radius 2 is 2.08 bits per heavy atom. The molecular weight excluding hydrogens is 320 g/mol. The zero-order chi connectivity index (χ0) is 18.6. The fourth-order valence-corrected chi connectivity index (χ4v) is 3.01. The van der Waals surface area contributed by atoms with Gasteiger partial charge < -0.3 is 5.11 Å². The monoisotopic (exact) mass is 344 g/mol. The number of nitrogens with zero attached hydrogens (tertiary/aromatic N) is 2. The number of aliphatic hydroxyl groups is 1. The molecule has 0 heterocycles. The summed E-state index contributed by atoms with van der Waals surface area (Å²) in [5.74, 6) is -0.0411. The Balaban J connectivity index is 2.49. The number of unbranched alkanes of at least 4 members (excludes halogenated alkanes) is 1. The molecule has 25 heavy (non-hydrogen) atoms. The number of carbonyl (C=O) groups is 1. The van der Waals surface area contributed by atoms with Crippen molar-refractivity contribution in [2.45, 2.75) is 52.9 Å². The van der Waals surface area contributed by atoms with E-state index in [-0.39, 0.29) is 22.6 Å². The van der Waals surface area contributed by atoms with Gasteiger partial charge in [-0.25, -0.2) is 0 Å². The number of Topliss-reactive ketones (excluding diaryl/α,β-unsaturated/α-hetero) is 1. The molecule has 2 rings (SSSR count). The van der Waals surface area contributed by atoms with Crippen LogP contribution in [0.5, 0.6) is 0 Å². The molecule has 1 aliphatic rings. The topological polar surface area (TPSA) is 92.8 Å². The minimum Gasteiger partial charge on any atom is -0.511 e. The number of aliphatic hydroxyl groups excluding tert-OH is 1. The molecule has 0 unspecified atom stereocenters. The van der Waals surface area contributed by atoms with E-state index in [1.165, 1.54) is 12.1 Å². The van der Waals surface area contributed by atoms with Crippen LogP contribution in [0.4, 0.5) is 11.4 Å². The lowest BCUT2D eigenvalue weighted by Gasteiger charge is -2.31. The first kappa shape index (κ1) is 18.8. The molecule has 0 atom stereocenters. The number of aliphatic imine (C=N–C) groups is 1. The summed E-state index contributed by atoms with van der Waals surface area (Å²) in [6, 6.07) is 6.00. The maximum atomic E-state index is 12.6. The predicted molar refractivity (Wildman–Crippen MR) is 97.4 cm³/mol. The molecule has 0 aliphatic heterocycles. The van der Waals surface area contributed by atoms with Crippen LogP contribution in [0.1, 0.15) is 52.9 Å². The number of carbonyl (C=O) groups excluding carboxylic acids is 1. The van der Waals surface area contributed by atoms with Crippen LogP contribution in [0.3, 0.4) is 0 Å². The van der Waals surface area contributed by atoms with Crippen molar-refractivity contribution >= 4 is 22.9 Å². The number of ketones is 1. The first-order chi connectivity index (χ1) is 11.7. The molecule has 1 saturated carbocycles. The summed E-state index contributed by atoms with van der Waals surface area (Å²) in [7, 11) is 0. The van der Waals surface area contributed by atoms with Crippen LogP contribution >= 0.6 is 0 Å². The quantitative estimate of drug-likeness (QED) is 0.350. The second-order valence-corrected chi connectivity index (χ2v) is 7.20. The number of nitro groups is 1. The van der Waals surface area contributed by atoms with E-state index in [1.807, 2.05) is 20.8 Å². The van der Waals surface area contributed by atoms with E-state index in [4.69, 9.17) is 0 Å². The van der Waals surface area contributed by atoms with Crippen LogP contribution in [-0.4, -0.2) is 21.5 Å². The predicted octanol–water partition coefficient (Wildman–Crippen LogP) is 5.06. The average molecular weight is 344 g/mol. The van der Waals surface area contributed by atoms with Gasteiger partial charge in [-0.3, -0.25) is 19.9 Å². The Kier molecular flexibility index (Phi) is 5.72. The Hall–Kier alpha value is -2.50. The summed E-state index contributed by atoms with van der Waals surface area (Å²) in [5, 5.41) is 21.4. The minimum absolute atomic E-state index is 0.0519. The first-order valence-electron chi connectivity index (χ1n) is 8.51. The van der Waals surface area contributed by atoms with Gasteiger partial charge in [0.15, 0.2) is 5.78 Å². The molecule has 0 bridgehead atoms. The van der Waals surface area contributed by atoms with Crippen LogP contribution in [0.15, 0.2) is 40.6 Å². The molecule has 0 radical (unpaired) electrons. The molecule has 6 heteroatoms. The van der Waals surface area contributed by atoms with Gasteiger partial charge in [0.1, 0.15) is 5.76 Å². The lowest BCUT2D eigenvalue weighted by molar-refractivity contribution is -0.384. The van der Waals surface area contributed by atoms with Gasteiger partial charge in [0.05, 0.1) is 21.9 Å². The van der Waals surface area contributed by atoms with Gasteiger partial charge >= 0.3 is 0 Å². The molecule has 0 amide bonds. The molecule has 0 aromatic heterocycles. The van der Waals surface area contributed by atoms with Crippen molar-refractivity contribution < 1.29 is 14.8 Å². The lowest BCUT2D eigenvalue weighted by Crippen LogP contribution is -2.32. The highest BCUT2D eigenvalue weighted by Gasteiger charge is 2.36. The second kappa shape index (κ2) is 7.59. The largest absolute Gasteiger partial charge is 0.511 e. The molecule has 1 aliphatic carbocycles.